The fraction of sp³-hybridized carbons (Fsp3) is 0.222. The summed E-state index contributed by atoms with van der Waals surface area (Å²) in [5.74, 6) is -1.40. The first-order chi connectivity index (χ1) is 12.0. The van der Waals surface area contributed by atoms with Crippen LogP contribution in [-0.2, 0) is 0 Å². The van der Waals surface area contributed by atoms with E-state index in [4.69, 9.17) is 5.11 Å². The molecule has 0 fully saturated rings. The maximum absolute atomic E-state index is 13.6. The first-order valence-electron chi connectivity index (χ1n) is 7.73. The normalized spacial score (nSPS) is 10.4. The van der Waals surface area contributed by atoms with E-state index in [1.165, 1.54) is 11.0 Å². The Labute approximate surface area is 153 Å². The Hall–Kier alpha value is -2.25. The monoisotopic (exact) mass is 408 g/mol. The summed E-state index contributed by atoms with van der Waals surface area (Å²) in [6.07, 6.45) is 0. The third kappa shape index (κ3) is 4.87. The molecule has 0 unspecified atom stereocenters. The van der Waals surface area contributed by atoms with Crippen LogP contribution in [0.4, 0.5) is 10.1 Å². The molecule has 2 aromatic rings. The van der Waals surface area contributed by atoms with E-state index in [0.717, 1.165) is 16.6 Å². The van der Waals surface area contributed by atoms with Crippen LogP contribution in [0.25, 0.3) is 0 Å². The van der Waals surface area contributed by atoms with E-state index in [0.29, 0.717) is 12.1 Å². The summed E-state index contributed by atoms with van der Waals surface area (Å²) in [6, 6.07) is 10.3. The van der Waals surface area contributed by atoms with Gasteiger partial charge in [0.15, 0.2) is 0 Å². The Morgan fingerprint density at radius 3 is 2.64 bits per heavy atom. The molecule has 2 amide bonds. The lowest BCUT2D eigenvalue weighted by atomic mass is 10.1. The van der Waals surface area contributed by atoms with E-state index in [2.05, 4.69) is 21.2 Å². The summed E-state index contributed by atoms with van der Waals surface area (Å²) < 4.78 is 14.4. The van der Waals surface area contributed by atoms with Crippen molar-refractivity contribution in [3.8, 4) is 0 Å². The standard InChI is InChI=1S/C18H18BrFN2O3/c1-2-22(8-9-23)18(25)15-7-6-14(20)11-16(15)21-17(24)12-4-3-5-13(19)10-12/h3-7,10-11,23H,2,8-9H2,1H3,(H,21,24). The predicted molar refractivity (Wildman–Crippen MR) is 97.2 cm³/mol. The van der Waals surface area contributed by atoms with E-state index in [1.54, 1.807) is 31.2 Å². The van der Waals surface area contributed by atoms with Crippen LogP contribution in [0.1, 0.15) is 27.6 Å². The molecule has 25 heavy (non-hydrogen) atoms. The van der Waals surface area contributed by atoms with Gasteiger partial charge in [0.05, 0.1) is 17.9 Å². The lowest BCUT2D eigenvalue weighted by molar-refractivity contribution is 0.0733. The van der Waals surface area contributed by atoms with Crippen LogP contribution >= 0.6 is 15.9 Å². The first kappa shape index (κ1) is 19.1. The quantitative estimate of drug-likeness (QED) is 0.770. The summed E-state index contributed by atoms with van der Waals surface area (Å²) in [5.41, 5.74) is 0.631. The predicted octanol–water partition coefficient (Wildman–Crippen LogP) is 3.29. The van der Waals surface area contributed by atoms with Gasteiger partial charge in [0, 0.05) is 23.1 Å². The number of carbonyl (C=O) groups is 2. The van der Waals surface area contributed by atoms with Crippen LogP contribution in [0, 0.1) is 5.82 Å². The first-order valence-corrected chi connectivity index (χ1v) is 8.52. The lowest BCUT2D eigenvalue weighted by Gasteiger charge is -2.21. The van der Waals surface area contributed by atoms with Gasteiger partial charge in [-0.2, -0.15) is 0 Å². The maximum atomic E-state index is 13.6. The van der Waals surface area contributed by atoms with E-state index >= 15 is 0 Å². The molecular weight excluding hydrogens is 391 g/mol. The van der Waals surface area contributed by atoms with Crippen molar-refractivity contribution < 1.29 is 19.1 Å². The van der Waals surface area contributed by atoms with Crippen molar-refractivity contribution in [1.29, 1.82) is 0 Å². The molecule has 0 aliphatic carbocycles. The smallest absolute Gasteiger partial charge is 0.256 e. The maximum Gasteiger partial charge on any atom is 0.256 e. The van der Waals surface area contributed by atoms with Crippen LogP contribution < -0.4 is 5.32 Å². The average Bonchev–Trinajstić information content (AvgIpc) is 2.59. The molecule has 0 radical (unpaired) electrons. The highest BCUT2D eigenvalue weighted by atomic mass is 79.9. The molecule has 0 aliphatic heterocycles. The molecule has 0 atom stereocenters. The Bertz CT molecular complexity index is 783. The molecule has 2 rings (SSSR count). The van der Waals surface area contributed by atoms with E-state index in [-0.39, 0.29) is 30.3 Å². The topological polar surface area (TPSA) is 69.6 Å². The van der Waals surface area contributed by atoms with E-state index < -0.39 is 11.7 Å². The summed E-state index contributed by atoms with van der Waals surface area (Å²) >= 11 is 3.29. The lowest BCUT2D eigenvalue weighted by Crippen LogP contribution is -2.34. The number of amides is 2. The summed E-state index contributed by atoms with van der Waals surface area (Å²) in [5, 5.41) is 11.7. The van der Waals surface area contributed by atoms with Crippen molar-refractivity contribution in [2.75, 3.05) is 25.0 Å². The number of halogens is 2. The number of aliphatic hydroxyl groups is 1. The molecule has 7 heteroatoms. The second-order valence-electron chi connectivity index (χ2n) is 5.26. The van der Waals surface area contributed by atoms with Crippen LogP contribution in [0.2, 0.25) is 0 Å². The minimum atomic E-state index is -0.564. The van der Waals surface area contributed by atoms with E-state index in [9.17, 15) is 14.0 Å². The number of likely N-dealkylation sites (N-methyl/N-ethyl adjacent to an activating group) is 1. The number of hydrogen-bond acceptors (Lipinski definition) is 3. The third-order valence-electron chi connectivity index (χ3n) is 3.59. The summed E-state index contributed by atoms with van der Waals surface area (Å²) in [6.45, 7) is 2.14. The Kier molecular flexibility index (Phi) is 6.66. The molecule has 0 bridgehead atoms. The van der Waals surface area contributed by atoms with Crippen molar-refractivity contribution in [3.63, 3.8) is 0 Å². The highest BCUT2D eigenvalue weighted by molar-refractivity contribution is 9.10. The van der Waals surface area contributed by atoms with Gasteiger partial charge in [-0.3, -0.25) is 9.59 Å². The second-order valence-corrected chi connectivity index (χ2v) is 6.18. The number of carbonyl (C=O) groups excluding carboxylic acids is 2. The van der Waals surface area contributed by atoms with Crippen LogP contribution in [0.3, 0.4) is 0 Å². The van der Waals surface area contributed by atoms with Gasteiger partial charge in [0.2, 0.25) is 0 Å². The van der Waals surface area contributed by atoms with E-state index in [1.807, 2.05) is 0 Å². The second kappa shape index (κ2) is 8.73. The number of nitrogens with one attached hydrogen (secondary N) is 1. The zero-order valence-electron chi connectivity index (χ0n) is 13.6. The highest BCUT2D eigenvalue weighted by Crippen LogP contribution is 2.21. The number of nitrogens with zero attached hydrogens (tertiary/aromatic N) is 1. The van der Waals surface area contributed by atoms with Gasteiger partial charge < -0.3 is 15.3 Å². The number of aliphatic hydroxyl groups excluding tert-OH is 1. The summed E-state index contributed by atoms with van der Waals surface area (Å²) in [7, 11) is 0. The Morgan fingerprint density at radius 2 is 2.00 bits per heavy atom. The number of rotatable bonds is 6. The van der Waals surface area contributed by atoms with Gasteiger partial charge in [-0.05, 0) is 43.3 Å². The fourth-order valence-electron chi connectivity index (χ4n) is 2.32. The van der Waals surface area contributed by atoms with Gasteiger partial charge in [0.1, 0.15) is 5.82 Å². The molecule has 0 spiro atoms. The number of benzene rings is 2. The van der Waals surface area contributed by atoms with Gasteiger partial charge in [0.25, 0.3) is 11.8 Å². The molecular formula is C18H18BrFN2O3. The minimum absolute atomic E-state index is 0.0892. The minimum Gasteiger partial charge on any atom is -0.395 e. The summed E-state index contributed by atoms with van der Waals surface area (Å²) in [4.78, 5) is 26.4. The van der Waals surface area contributed by atoms with Crippen molar-refractivity contribution in [1.82, 2.24) is 4.90 Å². The average molecular weight is 409 g/mol. The molecule has 0 heterocycles. The zero-order valence-corrected chi connectivity index (χ0v) is 15.2. The number of hydrogen-bond donors (Lipinski definition) is 2. The molecule has 5 nitrogen and oxygen atoms in total. The molecule has 0 aliphatic rings. The third-order valence-corrected chi connectivity index (χ3v) is 4.08. The zero-order chi connectivity index (χ0) is 18.4. The largest absolute Gasteiger partial charge is 0.395 e. The molecule has 0 aromatic heterocycles. The van der Waals surface area contributed by atoms with Crippen molar-refractivity contribution in [2.24, 2.45) is 0 Å². The SMILES string of the molecule is CCN(CCO)C(=O)c1ccc(F)cc1NC(=O)c1cccc(Br)c1. The highest BCUT2D eigenvalue weighted by Gasteiger charge is 2.19. The van der Waals surface area contributed by atoms with Gasteiger partial charge >= 0.3 is 0 Å². The molecule has 2 aromatic carbocycles. The fourth-order valence-corrected chi connectivity index (χ4v) is 2.72. The Balaban J connectivity index is 2.32. The van der Waals surface area contributed by atoms with Crippen LogP contribution in [0.15, 0.2) is 46.9 Å². The molecule has 0 saturated carbocycles. The van der Waals surface area contributed by atoms with Crippen molar-refractivity contribution in [3.05, 3.63) is 63.9 Å². The van der Waals surface area contributed by atoms with Crippen molar-refractivity contribution >= 4 is 33.4 Å². The number of anilines is 1. The van der Waals surface area contributed by atoms with Crippen molar-refractivity contribution in [2.45, 2.75) is 6.92 Å². The van der Waals surface area contributed by atoms with Gasteiger partial charge in [-0.15, -0.1) is 0 Å². The van der Waals surface area contributed by atoms with Gasteiger partial charge in [-0.25, -0.2) is 4.39 Å². The Morgan fingerprint density at radius 1 is 1.24 bits per heavy atom. The molecule has 0 saturated heterocycles. The molecule has 132 valence electrons. The van der Waals surface area contributed by atoms with Crippen LogP contribution in [-0.4, -0.2) is 41.5 Å². The molecule has 2 N–H and O–H groups in total. The van der Waals surface area contributed by atoms with Gasteiger partial charge in [-0.1, -0.05) is 22.0 Å². The van der Waals surface area contributed by atoms with Crippen LogP contribution in [0.5, 0.6) is 0 Å².